The number of nitro benzene ring substituents is 1. The number of nitro groups is 1. The molecule has 1 aliphatic heterocycles. The molecule has 2 heterocycles. The van der Waals surface area contributed by atoms with Crippen molar-refractivity contribution in [2.75, 3.05) is 11.9 Å². The first-order valence-corrected chi connectivity index (χ1v) is 9.71. The minimum absolute atomic E-state index is 0.0267. The molecule has 29 heavy (non-hydrogen) atoms. The number of aromatic nitrogens is 1. The Kier molecular flexibility index (Phi) is 5.05. The van der Waals surface area contributed by atoms with Gasteiger partial charge in [0.1, 0.15) is 0 Å². The van der Waals surface area contributed by atoms with Gasteiger partial charge in [-0.05, 0) is 24.3 Å². The number of carbonyl (C=O) groups is 2. The number of hydrogen-bond acceptors (Lipinski definition) is 6. The first kappa shape index (κ1) is 18.8. The Morgan fingerprint density at radius 2 is 1.79 bits per heavy atom. The average Bonchev–Trinajstić information content (AvgIpc) is 3.15. The summed E-state index contributed by atoms with van der Waals surface area (Å²) < 4.78 is 0. The summed E-state index contributed by atoms with van der Waals surface area (Å²) in [6, 6.07) is 14.5. The SMILES string of the molecule is O=C(Nc1nc2c(s1)CN(C(=O)c1ccccc1)CC2)c1ccc([N+](=O)[O-])cc1. The van der Waals surface area contributed by atoms with Gasteiger partial charge in [-0.1, -0.05) is 29.5 Å². The first-order chi connectivity index (χ1) is 14.0. The number of benzene rings is 2. The number of anilines is 1. The van der Waals surface area contributed by atoms with Gasteiger partial charge in [0.2, 0.25) is 0 Å². The van der Waals surface area contributed by atoms with Crippen LogP contribution in [-0.4, -0.2) is 33.2 Å². The van der Waals surface area contributed by atoms with Crippen molar-refractivity contribution in [3.63, 3.8) is 0 Å². The van der Waals surface area contributed by atoms with Gasteiger partial charge in [-0.3, -0.25) is 25.0 Å². The Bertz CT molecular complexity index is 1080. The molecule has 2 aromatic carbocycles. The molecule has 0 radical (unpaired) electrons. The van der Waals surface area contributed by atoms with Gasteiger partial charge in [0.15, 0.2) is 5.13 Å². The lowest BCUT2D eigenvalue weighted by Gasteiger charge is -2.26. The molecule has 1 aliphatic rings. The Balaban J connectivity index is 1.45. The maximum Gasteiger partial charge on any atom is 0.269 e. The van der Waals surface area contributed by atoms with Gasteiger partial charge in [-0.15, -0.1) is 0 Å². The van der Waals surface area contributed by atoms with E-state index in [1.165, 1.54) is 35.6 Å². The molecule has 0 atom stereocenters. The smallest absolute Gasteiger partial charge is 0.269 e. The van der Waals surface area contributed by atoms with Crippen molar-refractivity contribution in [1.29, 1.82) is 0 Å². The van der Waals surface area contributed by atoms with Crippen LogP contribution in [0.15, 0.2) is 54.6 Å². The molecule has 1 aromatic heterocycles. The zero-order chi connectivity index (χ0) is 20.4. The summed E-state index contributed by atoms with van der Waals surface area (Å²) in [5.74, 6) is -0.413. The highest BCUT2D eigenvalue weighted by Gasteiger charge is 2.25. The van der Waals surface area contributed by atoms with Gasteiger partial charge in [-0.25, -0.2) is 4.98 Å². The first-order valence-electron chi connectivity index (χ1n) is 8.90. The van der Waals surface area contributed by atoms with Gasteiger partial charge in [0.05, 0.1) is 17.2 Å². The lowest BCUT2D eigenvalue weighted by Crippen LogP contribution is -2.35. The van der Waals surface area contributed by atoms with E-state index in [9.17, 15) is 19.7 Å². The number of non-ortho nitro benzene ring substituents is 1. The summed E-state index contributed by atoms with van der Waals surface area (Å²) >= 11 is 1.34. The molecule has 0 unspecified atom stereocenters. The number of rotatable bonds is 4. The summed E-state index contributed by atoms with van der Waals surface area (Å²) in [4.78, 5) is 42.4. The Morgan fingerprint density at radius 1 is 1.07 bits per heavy atom. The molecule has 8 nitrogen and oxygen atoms in total. The summed E-state index contributed by atoms with van der Waals surface area (Å²) in [5, 5.41) is 13.9. The van der Waals surface area contributed by atoms with Crippen LogP contribution < -0.4 is 5.32 Å². The second-order valence-corrected chi connectivity index (χ2v) is 7.57. The minimum Gasteiger partial charge on any atom is -0.333 e. The molecule has 146 valence electrons. The molecule has 0 fully saturated rings. The topological polar surface area (TPSA) is 105 Å². The van der Waals surface area contributed by atoms with E-state index in [-0.39, 0.29) is 17.5 Å². The summed E-state index contributed by atoms with van der Waals surface area (Å²) in [5.41, 5.74) is 1.76. The van der Waals surface area contributed by atoms with Crippen LogP contribution in [0.3, 0.4) is 0 Å². The fourth-order valence-corrected chi connectivity index (χ4v) is 4.11. The molecule has 4 rings (SSSR count). The van der Waals surface area contributed by atoms with Crippen molar-refractivity contribution in [3.05, 3.63) is 86.4 Å². The standard InChI is InChI=1S/C20H16N4O4S/c25-18(13-6-8-15(9-7-13)24(27)28)22-20-21-16-10-11-23(12-17(16)29-20)19(26)14-4-2-1-3-5-14/h1-9H,10-12H2,(H,21,22,25). The highest BCUT2D eigenvalue weighted by atomic mass is 32.1. The van der Waals surface area contributed by atoms with Crippen LogP contribution in [0.1, 0.15) is 31.3 Å². The second kappa shape index (κ2) is 7.80. The molecule has 1 N–H and O–H groups in total. The fraction of sp³-hybridized carbons (Fsp3) is 0.150. The van der Waals surface area contributed by atoms with E-state index < -0.39 is 4.92 Å². The number of carbonyl (C=O) groups excluding carboxylic acids is 2. The minimum atomic E-state index is -0.515. The Labute approximate surface area is 170 Å². The summed E-state index contributed by atoms with van der Waals surface area (Å²) in [6.45, 7) is 1.02. The quantitative estimate of drug-likeness (QED) is 0.525. The van der Waals surface area contributed by atoms with Crippen LogP contribution in [0.4, 0.5) is 10.8 Å². The number of nitrogens with zero attached hydrogens (tertiary/aromatic N) is 3. The van der Waals surface area contributed by atoms with E-state index >= 15 is 0 Å². The third-order valence-corrected chi connectivity index (χ3v) is 5.60. The summed E-state index contributed by atoms with van der Waals surface area (Å²) in [6.07, 6.45) is 0.623. The molecule has 0 saturated heterocycles. The maximum atomic E-state index is 12.6. The van der Waals surface area contributed by atoms with Crippen molar-refractivity contribution in [1.82, 2.24) is 9.88 Å². The highest BCUT2D eigenvalue weighted by Crippen LogP contribution is 2.29. The van der Waals surface area contributed by atoms with Crippen molar-refractivity contribution >= 4 is 34.0 Å². The number of nitrogens with one attached hydrogen (secondary N) is 1. The predicted molar refractivity (Wildman–Crippen MR) is 108 cm³/mol. The van der Waals surface area contributed by atoms with Crippen LogP contribution >= 0.6 is 11.3 Å². The molecule has 9 heteroatoms. The van der Waals surface area contributed by atoms with Crippen LogP contribution in [0, 0.1) is 10.1 Å². The van der Waals surface area contributed by atoms with Crippen LogP contribution in [0.25, 0.3) is 0 Å². The van der Waals surface area contributed by atoms with Crippen LogP contribution in [0.5, 0.6) is 0 Å². The van der Waals surface area contributed by atoms with Crippen molar-refractivity contribution in [2.24, 2.45) is 0 Å². The second-order valence-electron chi connectivity index (χ2n) is 6.49. The van der Waals surface area contributed by atoms with E-state index in [1.54, 1.807) is 17.0 Å². The molecule has 0 saturated carbocycles. The van der Waals surface area contributed by atoms with Crippen LogP contribution in [-0.2, 0) is 13.0 Å². The highest BCUT2D eigenvalue weighted by molar-refractivity contribution is 7.15. The lowest BCUT2D eigenvalue weighted by molar-refractivity contribution is -0.384. The van der Waals surface area contributed by atoms with Crippen LogP contribution in [0.2, 0.25) is 0 Å². The van der Waals surface area contributed by atoms with Crippen molar-refractivity contribution in [3.8, 4) is 0 Å². The fourth-order valence-electron chi connectivity index (χ4n) is 3.09. The largest absolute Gasteiger partial charge is 0.333 e. The Hall–Kier alpha value is -3.59. The molecule has 2 amide bonds. The molecule has 0 bridgehead atoms. The molecular formula is C20H16N4O4S. The van der Waals surface area contributed by atoms with E-state index in [0.29, 0.717) is 35.8 Å². The number of thiazole rings is 1. The summed E-state index contributed by atoms with van der Waals surface area (Å²) in [7, 11) is 0. The molecule has 3 aromatic rings. The van der Waals surface area contributed by atoms with Gasteiger partial charge < -0.3 is 4.90 Å². The maximum absolute atomic E-state index is 12.6. The third kappa shape index (κ3) is 3.99. The zero-order valence-corrected chi connectivity index (χ0v) is 16.0. The van der Waals surface area contributed by atoms with Gasteiger partial charge in [0.25, 0.3) is 17.5 Å². The zero-order valence-electron chi connectivity index (χ0n) is 15.2. The number of amides is 2. The van der Waals surface area contributed by atoms with E-state index in [4.69, 9.17) is 0 Å². The predicted octanol–water partition coefficient (Wildman–Crippen LogP) is 3.50. The van der Waals surface area contributed by atoms with Gasteiger partial charge in [-0.2, -0.15) is 0 Å². The monoisotopic (exact) mass is 408 g/mol. The van der Waals surface area contributed by atoms with Gasteiger partial charge >= 0.3 is 0 Å². The van der Waals surface area contributed by atoms with E-state index in [0.717, 1.165) is 10.6 Å². The Morgan fingerprint density at radius 3 is 2.48 bits per heavy atom. The van der Waals surface area contributed by atoms with Gasteiger partial charge in [0, 0.05) is 41.1 Å². The molecule has 0 spiro atoms. The van der Waals surface area contributed by atoms with Crippen molar-refractivity contribution < 1.29 is 14.5 Å². The molecule has 0 aliphatic carbocycles. The number of fused-ring (bicyclic) bond motifs is 1. The van der Waals surface area contributed by atoms with E-state index in [2.05, 4.69) is 10.3 Å². The lowest BCUT2D eigenvalue weighted by atomic mass is 10.1. The normalized spacial score (nSPS) is 12.9. The average molecular weight is 408 g/mol. The molecular weight excluding hydrogens is 392 g/mol. The number of hydrogen-bond donors (Lipinski definition) is 1. The van der Waals surface area contributed by atoms with E-state index in [1.807, 2.05) is 18.2 Å². The van der Waals surface area contributed by atoms with Crippen molar-refractivity contribution in [2.45, 2.75) is 13.0 Å². The third-order valence-electron chi connectivity index (χ3n) is 4.60.